The predicted molar refractivity (Wildman–Crippen MR) is 83.2 cm³/mol. The molecule has 0 radical (unpaired) electrons. The molecule has 0 unspecified atom stereocenters. The van der Waals surface area contributed by atoms with E-state index in [4.69, 9.17) is 5.84 Å². The van der Waals surface area contributed by atoms with Crippen molar-refractivity contribution in [3.8, 4) is 11.4 Å². The fourth-order valence-electron chi connectivity index (χ4n) is 2.10. The van der Waals surface area contributed by atoms with E-state index in [0.29, 0.717) is 26.7 Å². The number of rotatable bonds is 3. The lowest BCUT2D eigenvalue weighted by molar-refractivity contribution is -0.383. The summed E-state index contributed by atoms with van der Waals surface area (Å²) >= 11 is 4.63. The van der Waals surface area contributed by atoms with Gasteiger partial charge in [0.15, 0.2) is 5.13 Å². The van der Waals surface area contributed by atoms with Gasteiger partial charge in [0, 0.05) is 22.1 Å². The van der Waals surface area contributed by atoms with E-state index >= 15 is 0 Å². The van der Waals surface area contributed by atoms with Crippen molar-refractivity contribution in [2.45, 2.75) is 6.92 Å². The molecule has 3 heterocycles. The van der Waals surface area contributed by atoms with Crippen molar-refractivity contribution in [2.24, 2.45) is 5.84 Å². The molecule has 8 nitrogen and oxygen atoms in total. The molecule has 0 fully saturated rings. The lowest BCUT2D eigenvalue weighted by Gasteiger charge is -2.01. The molecule has 108 valence electrons. The normalized spacial score (nSPS) is 11.0. The molecule has 0 saturated carbocycles. The molecule has 10 heteroatoms. The van der Waals surface area contributed by atoms with Crippen LogP contribution in [0.4, 0.5) is 10.8 Å². The molecular weight excluding hydrogens is 360 g/mol. The first-order valence-corrected chi connectivity index (χ1v) is 7.43. The third-order valence-electron chi connectivity index (χ3n) is 2.91. The van der Waals surface area contributed by atoms with Crippen molar-refractivity contribution in [3.63, 3.8) is 0 Å². The van der Waals surface area contributed by atoms with E-state index in [2.05, 4.69) is 31.3 Å². The fourth-order valence-corrected chi connectivity index (χ4v) is 3.13. The maximum Gasteiger partial charge on any atom is 0.313 e. The third-order valence-corrected chi connectivity index (χ3v) is 4.12. The van der Waals surface area contributed by atoms with E-state index in [-0.39, 0.29) is 11.3 Å². The SMILES string of the molecule is Cc1nc2c([N+](=O)[O-])cc(Br)cn2c1-c1csc(NN)n1. The van der Waals surface area contributed by atoms with Crippen LogP contribution in [0.1, 0.15) is 5.69 Å². The first-order chi connectivity index (χ1) is 10.0. The Bertz CT molecular complexity index is 858. The Morgan fingerprint density at radius 2 is 2.29 bits per heavy atom. The molecule has 0 atom stereocenters. The molecule has 0 aliphatic carbocycles. The smallest absolute Gasteiger partial charge is 0.300 e. The van der Waals surface area contributed by atoms with Gasteiger partial charge in [0.25, 0.3) is 0 Å². The number of hydrogen-bond acceptors (Lipinski definition) is 7. The zero-order valence-electron chi connectivity index (χ0n) is 10.7. The van der Waals surface area contributed by atoms with Gasteiger partial charge in [-0.3, -0.25) is 19.9 Å². The number of nitro groups is 1. The van der Waals surface area contributed by atoms with Gasteiger partial charge in [-0.15, -0.1) is 11.3 Å². The summed E-state index contributed by atoms with van der Waals surface area (Å²) in [6, 6.07) is 1.43. The number of anilines is 1. The molecule has 3 N–H and O–H groups in total. The lowest BCUT2D eigenvalue weighted by atomic mass is 10.3. The Hall–Kier alpha value is -2.04. The predicted octanol–water partition coefficient (Wildman–Crippen LogP) is 2.72. The van der Waals surface area contributed by atoms with Crippen LogP contribution < -0.4 is 11.3 Å². The maximum absolute atomic E-state index is 11.2. The number of thiazole rings is 1. The number of nitrogens with zero attached hydrogens (tertiary/aromatic N) is 4. The summed E-state index contributed by atoms with van der Waals surface area (Å²) in [7, 11) is 0. The second-order valence-electron chi connectivity index (χ2n) is 4.22. The average Bonchev–Trinajstić information content (AvgIpc) is 3.00. The van der Waals surface area contributed by atoms with Gasteiger partial charge in [-0.25, -0.2) is 15.8 Å². The molecule has 0 amide bonds. The largest absolute Gasteiger partial charge is 0.313 e. The van der Waals surface area contributed by atoms with Gasteiger partial charge in [0.2, 0.25) is 5.65 Å². The van der Waals surface area contributed by atoms with Crippen molar-refractivity contribution in [1.29, 1.82) is 0 Å². The first kappa shape index (κ1) is 13.9. The van der Waals surface area contributed by atoms with Crippen LogP contribution in [-0.4, -0.2) is 19.3 Å². The van der Waals surface area contributed by atoms with E-state index in [0.717, 1.165) is 0 Å². The summed E-state index contributed by atoms with van der Waals surface area (Å²) in [6.07, 6.45) is 1.73. The molecule has 3 aromatic rings. The number of pyridine rings is 1. The molecule has 0 aliphatic heterocycles. The van der Waals surface area contributed by atoms with E-state index in [9.17, 15) is 10.1 Å². The van der Waals surface area contributed by atoms with Gasteiger partial charge in [-0.1, -0.05) is 0 Å². The minimum Gasteiger partial charge on any atom is -0.300 e. The van der Waals surface area contributed by atoms with Gasteiger partial charge in [0.05, 0.1) is 16.3 Å². The van der Waals surface area contributed by atoms with Gasteiger partial charge >= 0.3 is 5.69 Å². The zero-order chi connectivity index (χ0) is 15.1. The highest BCUT2D eigenvalue weighted by Crippen LogP contribution is 2.32. The van der Waals surface area contributed by atoms with Crippen LogP contribution in [0, 0.1) is 17.0 Å². The number of hydrogen-bond donors (Lipinski definition) is 2. The number of hydrazine groups is 1. The lowest BCUT2D eigenvalue weighted by Crippen LogP contribution is -2.05. The number of aryl methyl sites for hydroxylation is 1. The number of imidazole rings is 1. The van der Waals surface area contributed by atoms with E-state index in [1.165, 1.54) is 17.4 Å². The molecule has 0 bridgehead atoms. The van der Waals surface area contributed by atoms with Crippen LogP contribution in [0.3, 0.4) is 0 Å². The Balaban J connectivity index is 2.33. The Kier molecular flexibility index (Phi) is 3.35. The molecule has 0 saturated heterocycles. The van der Waals surface area contributed by atoms with Crippen molar-refractivity contribution in [3.05, 3.63) is 37.9 Å². The highest BCUT2D eigenvalue weighted by molar-refractivity contribution is 9.10. The maximum atomic E-state index is 11.2. The van der Waals surface area contributed by atoms with Crippen molar-refractivity contribution >= 4 is 43.7 Å². The van der Waals surface area contributed by atoms with Gasteiger partial charge in [-0.2, -0.15) is 0 Å². The molecule has 0 spiro atoms. The zero-order valence-corrected chi connectivity index (χ0v) is 13.1. The topological polar surface area (TPSA) is 111 Å². The number of halogens is 1. The quantitative estimate of drug-likeness (QED) is 0.417. The second-order valence-corrected chi connectivity index (χ2v) is 6.00. The summed E-state index contributed by atoms with van der Waals surface area (Å²) in [4.78, 5) is 19.3. The van der Waals surface area contributed by atoms with Gasteiger partial charge in [-0.05, 0) is 22.9 Å². The molecule has 3 aromatic heterocycles. The average molecular weight is 369 g/mol. The van der Waals surface area contributed by atoms with Crippen LogP contribution in [0.5, 0.6) is 0 Å². The van der Waals surface area contributed by atoms with Crippen LogP contribution in [-0.2, 0) is 0 Å². The van der Waals surface area contributed by atoms with Crippen molar-refractivity contribution < 1.29 is 4.92 Å². The number of nitrogen functional groups attached to an aromatic ring is 1. The van der Waals surface area contributed by atoms with Gasteiger partial charge in [0.1, 0.15) is 5.69 Å². The monoisotopic (exact) mass is 368 g/mol. The first-order valence-electron chi connectivity index (χ1n) is 5.76. The molecule has 0 aliphatic rings. The number of aromatic nitrogens is 3. The van der Waals surface area contributed by atoms with Crippen LogP contribution in [0.25, 0.3) is 17.0 Å². The summed E-state index contributed by atoms with van der Waals surface area (Å²) in [5.74, 6) is 5.33. The standard InChI is InChI=1S/C11H9BrN6O2S/c1-5-9(7-4-21-11(15-7)16-13)17-3-6(12)2-8(18(19)20)10(17)14-5/h2-4H,13H2,1H3,(H,15,16). The summed E-state index contributed by atoms with van der Waals surface area (Å²) in [5.41, 5.74) is 4.71. The number of nitrogens with one attached hydrogen (secondary N) is 1. The molecule has 3 rings (SSSR count). The van der Waals surface area contributed by atoms with E-state index in [1.54, 1.807) is 17.5 Å². The third kappa shape index (κ3) is 2.26. The summed E-state index contributed by atoms with van der Waals surface area (Å²) in [5, 5.41) is 13.5. The molecule has 0 aromatic carbocycles. The number of fused-ring (bicyclic) bond motifs is 1. The minimum atomic E-state index is -0.454. The van der Waals surface area contributed by atoms with Crippen LogP contribution >= 0.6 is 27.3 Å². The second kappa shape index (κ2) is 5.06. The fraction of sp³-hybridized carbons (Fsp3) is 0.0909. The minimum absolute atomic E-state index is 0.0638. The summed E-state index contributed by atoms with van der Waals surface area (Å²) < 4.78 is 2.25. The van der Waals surface area contributed by atoms with Crippen molar-refractivity contribution in [2.75, 3.05) is 5.43 Å². The molecule has 21 heavy (non-hydrogen) atoms. The van der Waals surface area contributed by atoms with E-state index in [1.807, 2.05) is 5.38 Å². The summed E-state index contributed by atoms with van der Waals surface area (Å²) in [6.45, 7) is 1.79. The highest BCUT2D eigenvalue weighted by atomic mass is 79.9. The Labute approximate surface area is 130 Å². The number of nitrogens with two attached hydrogens (primary N) is 1. The van der Waals surface area contributed by atoms with Gasteiger partial charge < -0.3 is 0 Å². The van der Waals surface area contributed by atoms with Crippen molar-refractivity contribution in [1.82, 2.24) is 14.4 Å². The van der Waals surface area contributed by atoms with Crippen LogP contribution in [0.15, 0.2) is 22.1 Å². The highest BCUT2D eigenvalue weighted by Gasteiger charge is 2.21. The Morgan fingerprint density at radius 1 is 1.52 bits per heavy atom. The van der Waals surface area contributed by atoms with E-state index < -0.39 is 4.92 Å². The molecular formula is C11H9BrN6O2S. The van der Waals surface area contributed by atoms with Crippen LogP contribution in [0.2, 0.25) is 0 Å². The Morgan fingerprint density at radius 3 is 2.90 bits per heavy atom.